The van der Waals surface area contributed by atoms with E-state index in [4.69, 9.17) is 19.1 Å². The van der Waals surface area contributed by atoms with Crippen LogP contribution in [-0.2, 0) is 19.6 Å². The summed E-state index contributed by atoms with van der Waals surface area (Å²) in [6, 6.07) is 0. The number of aliphatic hydroxyl groups is 1. The van der Waals surface area contributed by atoms with Crippen molar-refractivity contribution in [2.24, 2.45) is 0 Å². The largest absolute Gasteiger partial charge is 0.381 e. The minimum absolute atomic E-state index is 0.106. The van der Waals surface area contributed by atoms with Crippen molar-refractivity contribution < 1.29 is 27.6 Å². The predicted octanol–water partition coefficient (Wildman–Crippen LogP) is 0.0277. The first-order valence-corrected chi connectivity index (χ1v) is 6.93. The highest BCUT2D eigenvalue weighted by atomic mass is 32.2. The molecule has 1 aliphatic heterocycles. The lowest BCUT2D eigenvalue weighted by atomic mass is 10.1. The highest BCUT2D eigenvalue weighted by Gasteiger charge is 2.16. The van der Waals surface area contributed by atoms with Crippen LogP contribution in [0.2, 0.25) is 0 Å². The highest BCUT2D eigenvalue weighted by Crippen LogP contribution is 2.11. The van der Waals surface area contributed by atoms with E-state index < -0.39 is 16.4 Å². The first-order valence-electron chi connectivity index (χ1n) is 5.09. The number of hydrogen-bond acceptors (Lipinski definition) is 5. The zero-order valence-electron chi connectivity index (χ0n) is 9.92. The van der Waals surface area contributed by atoms with Gasteiger partial charge in [0.15, 0.2) is 0 Å². The second-order valence-electron chi connectivity index (χ2n) is 3.43. The van der Waals surface area contributed by atoms with Crippen LogP contribution in [0, 0.1) is 11.8 Å². The molecule has 1 unspecified atom stereocenters. The summed E-state index contributed by atoms with van der Waals surface area (Å²) in [7, 11) is -3.67. The third-order valence-electron chi connectivity index (χ3n) is 1.76. The molecule has 1 atom stereocenters. The zero-order chi connectivity index (χ0) is 13.3. The molecule has 0 aliphatic carbocycles. The Balaban J connectivity index is 0.000000437. The van der Waals surface area contributed by atoms with E-state index in [2.05, 4.69) is 11.8 Å². The molecule has 100 valence electrons. The molecule has 17 heavy (non-hydrogen) atoms. The van der Waals surface area contributed by atoms with Gasteiger partial charge in [-0.2, -0.15) is 8.42 Å². The predicted molar refractivity (Wildman–Crippen MR) is 61.9 cm³/mol. The van der Waals surface area contributed by atoms with Crippen LogP contribution < -0.4 is 0 Å². The van der Waals surface area contributed by atoms with E-state index in [0.29, 0.717) is 6.26 Å². The third-order valence-corrected chi connectivity index (χ3v) is 1.76. The van der Waals surface area contributed by atoms with Crippen LogP contribution in [0.25, 0.3) is 0 Å². The average Bonchev–Trinajstić information content (AvgIpc) is 2.16. The van der Waals surface area contributed by atoms with Crippen molar-refractivity contribution in [1.82, 2.24) is 0 Å². The summed E-state index contributed by atoms with van der Waals surface area (Å²) in [5, 5.41) is 9.16. The molecule has 0 amide bonds. The SMILES string of the molecule is CC#CC(O)OC1CCOCC1.CS(=O)(=O)O. The molecule has 1 rings (SSSR count). The summed E-state index contributed by atoms with van der Waals surface area (Å²) >= 11 is 0. The quantitative estimate of drug-likeness (QED) is 0.416. The summed E-state index contributed by atoms with van der Waals surface area (Å²) < 4.78 is 36.2. The van der Waals surface area contributed by atoms with Crippen LogP contribution in [0.1, 0.15) is 19.8 Å². The number of aliphatic hydroxyl groups excluding tert-OH is 1. The monoisotopic (exact) mass is 266 g/mol. The zero-order valence-corrected chi connectivity index (χ0v) is 10.7. The smallest absolute Gasteiger partial charge is 0.261 e. The molecular formula is C10H18O6S. The third kappa shape index (κ3) is 13.3. The van der Waals surface area contributed by atoms with Gasteiger partial charge in [-0.25, -0.2) is 0 Å². The molecular weight excluding hydrogens is 248 g/mol. The lowest BCUT2D eigenvalue weighted by Crippen LogP contribution is -2.27. The van der Waals surface area contributed by atoms with Crippen LogP contribution in [-0.4, -0.2) is 49.9 Å². The molecule has 2 N–H and O–H groups in total. The maximum atomic E-state index is 9.19. The van der Waals surface area contributed by atoms with Gasteiger partial charge in [0, 0.05) is 13.2 Å². The van der Waals surface area contributed by atoms with Crippen LogP contribution in [0.4, 0.5) is 0 Å². The lowest BCUT2D eigenvalue weighted by molar-refractivity contribution is -0.126. The lowest BCUT2D eigenvalue weighted by Gasteiger charge is -2.23. The topological polar surface area (TPSA) is 93.1 Å². The van der Waals surface area contributed by atoms with Crippen LogP contribution in [0.15, 0.2) is 0 Å². The number of ether oxygens (including phenoxy) is 2. The van der Waals surface area contributed by atoms with Gasteiger partial charge in [0.25, 0.3) is 10.1 Å². The molecule has 1 heterocycles. The average molecular weight is 266 g/mol. The van der Waals surface area contributed by atoms with Crippen LogP contribution in [0.3, 0.4) is 0 Å². The van der Waals surface area contributed by atoms with Crippen molar-refractivity contribution in [2.75, 3.05) is 19.5 Å². The molecule has 0 aromatic rings. The van der Waals surface area contributed by atoms with Gasteiger partial charge < -0.3 is 14.6 Å². The highest BCUT2D eigenvalue weighted by molar-refractivity contribution is 7.85. The first-order chi connectivity index (χ1) is 7.83. The van der Waals surface area contributed by atoms with Crippen molar-refractivity contribution in [3.05, 3.63) is 0 Å². The summed E-state index contributed by atoms with van der Waals surface area (Å²) in [5.41, 5.74) is 0. The molecule has 1 fully saturated rings. The van der Waals surface area contributed by atoms with Crippen molar-refractivity contribution in [3.63, 3.8) is 0 Å². The summed E-state index contributed by atoms with van der Waals surface area (Å²) in [4.78, 5) is 0. The fourth-order valence-electron chi connectivity index (χ4n) is 1.15. The Kier molecular flexibility index (Phi) is 8.12. The van der Waals surface area contributed by atoms with Gasteiger partial charge in [-0.3, -0.25) is 4.55 Å². The van der Waals surface area contributed by atoms with E-state index in [1.165, 1.54) is 0 Å². The minimum Gasteiger partial charge on any atom is -0.381 e. The van der Waals surface area contributed by atoms with Gasteiger partial charge in [0.05, 0.1) is 12.4 Å². The van der Waals surface area contributed by atoms with Gasteiger partial charge >= 0.3 is 0 Å². The Morgan fingerprint density at radius 3 is 2.29 bits per heavy atom. The standard InChI is InChI=1S/C9H14O3.CH4O3S/c1-2-3-9(10)12-8-4-6-11-7-5-8;1-5(2,3)4/h8-10H,4-7H2,1H3;1H3,(H,2,3,4). The molecule has 1 aliphatic rings. The number of hydrogen-bond donors (Lipinski definition) is 2. The van der Waals surface area contributed by atoms with E-state index in [-0.39, 0.29) is 6.10 Å². The summed E-state index contributed by atoms with van der Waals surface area (Å²) in [6.07, 6.45) is 1.59. The molecule has 6 nitrogen and oxygen atoms in total. The van der Waals surface area contributed by atoms with Gasteiger partial charge in [-0.05, 0) is 25.7 Å². The fraction of sp³-hybridized carbons (Fsp3) is 0.800. The van der Waals surface area contributed by atoms with Gasteiger partial charge in [0.2, 0.25) is 6.29 Å². The summed E-state index contributed by atoms with van der Waals surface area (Å²) in [6.45, 7) is 3.12. The molecule has 0 aromatic heterocycles. The second-order valence-corrected chi connectivity index (χ2v) is 4.89. The number of rotatable bonds is 2. The van der Waals surface area contributed by atoms with Crippen molar-refractivity contribution in [1.29, 1.82) is 0 Å². The van der Waals surface area contributed by atoms with E-state index >= 15 is 0 Å². The molecule has 0 radical (unpaired) electrons. The Morgan fingerprint density at radius 1 is 1.41 bits per heavy atom. The fourth-order valence-corrected chi connectivity index (χ4v) is 1.15. The maximum Gasteiger partial charge on any atom is 0.261 e. The van der Waals surface area contributed by atoms with Crippen LogP contribution >= 0.6 is 0 Å². The molecule has 0 saturated carbocycles. The van der Waals surface area contributed by atoms with Crippen molar-refractivity contribution in [3.8, 4) is 11.8 Å². The molecule has 0 bridgehead atoms. The van der Waals surface area contributed by atoms with Gasteiger partial charge in [-0.15, -0.1) is 5.92 Å². The van der Waals surface area contributed by atoms with E-state index in [0.717, 1.165) is 26.1 Å². The Labute approximate surface area is 102 Å². The Morgan fingerprint density at radius 2 is 1.88 bits per heavy atom. The van der Waals surface area contributed by atoms with Crippen molar-refractivity contribution in [2.45, 2.75) is 32.2 Å². The van der Waals surface area contributed by atoms with Crippen molar-refractivity contribution >= 4 is 10.1 Å². The molecule has 0 spiro atoms. The molecule has 1 saturated heterocycles. The van der Waals surface area contributed by atoms with Crippen LogP contribution in [0.5, 0.6) is 0 Å². The Hall–Kier alpha value is -0.650. The Bertz CT molecular complexity index is 339. The molecule has 7 heteroatoms. The van der Waals surface area contributed by atoms with E-state index in [9.17, 15) is 8.42 Å². The van der Waals surface area contributed by atoms with Gasteiger partial charge in [-0.1, -0.05) is 0 Å². The normalized spacial score (nSPS) is 18.4. The first kappa shape index (κ1) is 16.4. The maximum absolute atomic E-state index is 9.19. The summed E-state index contributed by atoms with van der Waals surface area (Å²) in [5.74, 6) is 5.14. The molecule has 0 aromatic carbocycles. The van der Waals surface area contributed by atoms with E-state index in [1.807, 2.05) is 0 Å². The van der Waals surface area contributed by atoms with E-state index in [1.54, 1.807) is 6.92 Å². The van der Waals surface area contributed by atoms with Gasteiger partial charge in [0.1, 0.15) is 0 Å². The second kappa shape index (κ2) is 8.44. The minimum atomic E-state index is -3.67.